The molecule has 0 radical (unpaired) electrons. The predicted molar refractivity (Wildman–Crippen MR) is 322 cm³/mol. The predicted octanol–water partition coefficient (Wildman–Crippen LogP) is 16.8. The van der Waals surface area contributed by atoms with Crippen LogP contribution in [-0.4, -0.2) is 137 Å². The summed E-state index contributed by atoms with van der Waals surface area (Å²) in [7, 11) is 7.10. The van der Waals surface area contributed by atoms with Crippen molar-refractivity contribution >= 4 is 23.6 Å². The molecule has 3 saturated heterocycles. The molecule has 3 aliphatic rings. The van der Waals surface area contributed by atoms with Crippen LogP contribution in [0.1, 0.15) is 169 Å². The summed E-state index contributed by atoms with van der Waals surface area (Å²) < 4.78 is 40.1. The Bertz CT molecular complexity index is 2040. The van der Waals surface area contributed by atoms with Gasteiger partial charge < -0.3 is 42.8 Å². The van der Waals surface area contributed by atoms with E-state index < -0.39 is 83.4 Å². The molecule has 0 saturated carbocycles. The molecule has 5 heterocycles. The number of esters is 1. The maximum absolute atomic E-state index is 14.9. The largest absolute Gasteiger partial charge is 0.458 e. The van der Waals surface area contributed by atoms with Gasteiger partial charge in [0, 0.05) is 131 Å². The first-order valence-electron chi connectivity index (χ1n) is 22.8. The van der Waals surface area contributed by atoms with Gasteiger partial charge in [0.1, 0.15) is 23.9 Å². The van der Waals surface area contributed by atoms with Gasteiger partial charge in [0.15, 0.2) is 17.7 Å². The molecule has 3 fully saturated rings. The maximum Gasteiger partial charge on any atom is 0.410 e. The fourth-order valence-corrected chi connectivity index (χ4v) is 10.5. The first kappa shape index (κ1) is 50.2. The van der Waals surface area contributed by atoms with Crippen LogP contribution >= 0.6 is 0 Å². The molecule has 0 spiro atoms. The number of carbonyl (C=O) groups is 4. The van der Waals surface area contributed by atoms with E-state index in [0.717, 1.165) is 22.5 Å². The van der Waals surface area contributed by atoms with E-state index in [0.29, 0.717) is 12.8 Å². The van der Waals surface area contributed by atoms with Crippen molar-refractivity contribution < 1.29 is 105 Å². The zero-order chi connectivity index (χ0) is 46.9. The molecule has 3 unspecified atom stereocenters. The van der Waals surface area contributed by atoms with Gasteiger partial charge in [-0.3, -0.25) is 19.4 Å². The van der Waals surface area contributed by atoms with Gasteiger partial charge in [-0.2, -0.15) is 0 Å². The molecule has 0 N–H and O–H groups in total. The van der Waals surface area contributed by atoms with E-state index in [9.17, 15) is 19.2 Å². The Balaban J connectivity index is -0.0000000330. The molecule has 0 aromatic carbocycles. The number of likely N-dealkylation sites (N-methyl/N-ethyl adjacent to an activating group) is 1. The van der Waals surface area contributed by atoms with Crippen LogP contribution in [0.3, 0.4) is 0 Å². The highest BCUT2D eigenvalue weighted by Gasteiger charge is 2.60. The number of hydrogen-bond acceptors (Lipinski definition) is 13. The molecule has 15 nitrogen and oxygen atoms in total. The lowest BCUT2D eigenvalue weighted by Gasteiger charge is -2.48. The van der Waals surface area contributed by atoms with Crippen LogP contribution in [0.4, 0.5) is 4.79 Å². The van der Waals surface area contributed by atoms with Crippen LogP contribution in [-0.2, 0) is 42.8 Å². The van der Waals surface area contributed by atoms with Gasteiger partial charge >= 0.3 is 12.1 Å². The molecule has 0 aliphatic carbocycles. The lowest BCUT2D eigenvalue weighted by molar-refractivity contribution is -0.299. The summed E-state index contributed by atoms with van der Waals surface area (Å²) in [6.45, 7) is 22.8. The maximum atomic E-state index is 14.9. The van der Waals surface area contributed by atoms with Gasteiger partial charge in [0.25, 0.3) is 0 Å². The number of nitrogens with zero attached hydrogens (tertiary/aromatic N) is 5. The zero-order valence-electron chi connectivity index (χ0n) is 40.7. The second-order valence-electron chi connectivity index (χ2n) is 19.6. The van der Waals surface area contributed by atoms with Crippen LogP contribution in [0.25, 0.3) is 11.3 Å². The number of methoxy groups -OCH3 is 2. The molecule has 0 bridgehead atoms. The summed E-state index contributed by atoms with van der Waals surface area (Å²) in [4.78, 5) is 70.7. The van der Waals surface area contributed by atoms with Gasteiger partial charge in [-0.1, -0.05) is 34.6 Å². The molecule has 15 heteroatoms. The molecule has 5 rings (SSSR count). The van der Waals surface area contributed by atoms with Crippen molar-refractivity contribution in [3.63, 3.8) is 0 Å². The molecular weight excluding hydrogens is 807 g/mol. The highest BCUT2D eigenvalue weighted by atomic mass is 16.7. The summed E-state index contributed by atoms with van der Waals surface area (Å²) in [6, 6.07) is 1.26. The van der Waals surface area contributed by atoms with Crippen LogP contribution in [0, 0.1) is 43.4 Å². The molecule has 63 heavy (non-hydrogen) atoms. The Kier molecular flexibility index (Phi) is 16.1. The van der Waals surface area contributed by atoms with Crippen LogP contribution in [0.15, 0.2) is 24.8 Å². The number of Topliss-reactive ketones (excluding diaryl/α,β-unsaturated/α-hetero) is 2. The minimum absolute atomic E-state index is 0. The molecule has 432 valence electrons. The van der Waals surface area contributed by atoms with E-state index in [4.69, 9.17) is 28.4 Å². The van der Waals surface area contributed by atoms with Gasteiger partial charge in [-0.25, -0.2) is 9.78 Å². The Morgan fingerprint density at radius 1 is 1.00 bits per heavy atom. The van der Waals surface area contributed by atoms with E-state index in [-0.39, 0.29) is 106 Å². The van der Waals surface area contributed by atoms with Crippen LogP contribution in [0.2, 0.25) is 0 Å². The number of fused-ring (bicyclic) bond motifs is 1. The summed E-state index contributed by atoms with van der Waals surface area (Å²) in [5.74, 6) is -4.81. The summed E-state index contributed by atoms with van der Waals surface area (Å²) >= 11 is 0. The standard InChI is InChI=1S/C48H75N5O10.40H2/c1-17-38-48(12)42(53(46(57)63-48)23-26(2)18-29(5)52-24-36(50-25-52)35-19-27(3)34(10)49-22-35)31(7)39(54)28(4)21-47(11,59-16)43(32(8)40(55)33(9)44(56)61-38)62-45-41(58-15)37(51(13)14)20-30(6)60-45;;;;;;;;;;;;;;;;;;;;;;;;;;;;;;;;;;;;;;;;/h19,22,24-26,28-33,37-38,41-43,45H,17-18,20-21,23H2,1-16H3;40*1H/t26?,28-,29?,30-,31+,32+,33-,37+,38-,41-,42-,43-,45?,47-,48-;;;;;;;;;;;;;;;;;;;;;;;;;;;;;;;;;;;;;;;;/m1......................................../s1. The number of imidazole rings is 1. The number of amides is 1. The fraction of sp³-hybridized carbons (Fsp3) is 0.750. The number of cyclic esters (lactones) is 1. The number of pyridine rings is 1. The van der Waals surface area contributed by atoms with E-state index in [1.54, 1.807) is 25.9 Å². The quantitative estimate of drug-likeness (QED) is 0.146. The van der Waals surface area contributed by atoms with Gasteiger partial charge in [0.05, 0.1) is 35.9 Å². The second kappa shape index (κ2) is 20.2. The van der Waals surface area contributed by atoms with Crippen molar-refractivity contribution in [3.8, 4) is 11.3 Å². The number of ketones is 2. The van der Waals surface area contributed by atoms with Gasteiger partial charge in [-0.15, -0.1) is 0 Å². The van der Waals surface area contributed by atoms with Crippen LogP contribution in [0.5, 0.6) is 0 Å². The third-order valence-corrected chi connectivity index (χ3v) is 14.4. The van der Waals surface area contributed by atoms with Gasteiger partial charge in [0.2, 0.25) is 0 Å². The van der Waals surface area contributed by atoms with Crippen LogP contribution < -0.4 is 0 Å². The molecule has 15 atom stereocenters. The van der Waals surface area contributed by atoms with Crippen molar-refractivity contribution in [2.45, 2.75) is 169 Å². The summed E-state index contributed by atoms with van der Waals surface area (Å²) in [5.41, 5.74) is 1.20. The van der Waals surface area contributed by atoms with Crippen molar-refractivity contribution in [2.24, 2.45) is 29.6 Å². The van der Waals surface area contributed by atoms with E-state index in [2.05, 4.69) is 39.3 Å². The molecule has 2 aromatic rings. The lowest BCUT2D eigenvalue weighted by Crippen LogP contribution is -2.60. The zero-order valence-corrected chi connectivity index (χ0v) is 40.7. The third kappa shape index (κ3) is 10.4. The molecule has 2 aromatic heterocycles. The fourth-order valence-electron chi connectivity index (χ4n) is 10.5. The number of aryl methyl sites for hydroxylation is 2. The Morgan fingerprint density at radius 3 is 2.29 bits per heavy atom. The highest BCUT2D eigenvalue weighted by Crippen LogP contribution is 2.44. The second-order valence-corrected chi connectivity index (χ2v) is 19.6. The van der Waals surface area contributed by atoms with Crippen molar-refractivity contribution in [3.05, 3.63) is 36.0 Å². The number of carbonyl (C=O) groups excluding carboxylic acids is 4. The summed E-state index contributed by atoms with van der Waals surface area (Å²) in [5, 5.41) is 0. The van der Waals surface area contributed by atoms with E-state index in [1.165, 1.54) is 14.0 Å². The van der Waals surface area contributed by atoms with E-state index >= 15 is 0 Å². The Morgan fingerprint density at radius 2 is 1.68 bits per heavy atom. The Hall–Kier alpha value is -3.76. The normalized spacial score (nSPS) is 35.8. The molecule has 3 aliphatic heterocycles. The van der Waals surface area contributed by atoms with E-state index in [1.807, 2.05) is 81.3 Å². The van der Waals surface area contributed by atoms with Crippen molar-refractivity contribution in [2.75, 3.05) is 34.9 Å². The first-order valence-corrected chi connectivity index (χ1v) is 22.8. The highest BCUT2D eigenvalue weighted by molar-refractivity contribution is 6.00. The third-order valence-electron chi connectivity index (χ3n) is 14.4. The first-order chi connectivity index (χ1) is 29.5. The molecular formula is C48H155N5O10. The van der Waals surface area contributed by atoms with Crippen molar-refractivity contribution in [1.82, 2.24) is 24.3 Å². The molecule has 1 amide bonds. The SMILES string of the molecule is CC[C@H]1OC(=O)[C@H](C)C(=O)[C@H](C)[C@@H](OC2O[C@H](C)C[C@H](N(C)C)[C@H]2OC)[C@](C)(OC)C[C@@H](C)C(=O)[C@H](C)[C@H]2N(CC(C)CC(C)n3cnc(-c4cnc(C)c(C)c4)c3)C(=O)O[C@]12C.[HH].[HH].[HH].[HH].[HH].[HH].[HH].[HH].[HH].[HH].[HH].[HH].[HH].[HH].[HH].[HH].[HH].[HH].[HH].[HH].[HH].[HH].[HH].[HH].[HH].[HH].[HH].[HH].[HH].[HH].[HH].[HH].[HH].[HH].[HH].[HH].[HH].[HH].[HH].[HH]. The number of rotatable bonds is 12. The van der Waals surface area contributed by atoms with Gasteiger partial charge in [-0.05, 0) is 106 Å². The average molecular weight is 963 g/mol. The average Bonchev–Trinajstić information content (AvgIpc) is 3.83. The monoisotopic (exact) mass is 962 g/mol. The Labute approximate surface area is 434 Å². The lowest BCUT2D eigenvalue weighted by atomic mass is 9.73. The van der Waals surface area contributed by atoms with Crippen molar-refractivity contribution in [1.29, 1.82) is 0 Å². The summed E-state index contributed by atoms with van der Waals surface area (Å²) in [6.07, 6.45) is 3.40. The topological polar surface area (TPSA) is 161 Å². The minimum atomic E-state index is -1.41. The number of ether oxygens (including phenoxy) is 6. The smallest absolute Gasteiger partial charge is 0.410 e. The minimum Gasteiger partial charge on any atom is -0.458 e. The number of aromatic nitrogens is 3. The number of hydrogen-bond donors (Lipinski definition) is 0.